The van der Waals surface area contributed by atoms with Crippen molar-refractivity contribution in [1.82, 2.24) is 4.98 Å². The van der Waals surface area contributed by atoms with Crippen LogP contribution in [0.3, 0.4) is 0 Å². The van der Waals surface area contributed by atoms with Crippen molar-refractivity contribution in [2.45, 2.75) is 25.9 Å². The highest BCUT2D eigenvalue weighted by Gasteiger charge is 2.27. The van der Waals surface area contributed by atoms with Crippen LogP contribution >= 0.6 is 0 Å². The maximum absolute atomic E-state index is 9.68. The Balaban J connectivity index is 1.51. The number of fused-ring (bicyclic) bond motifs is 1. The fourth-order valence-electron chi connectivity index (χ4n) is 3.02. The zero-order valence-electron chi connectivity index (χ0n) is 13.7. The van der Waals surface area contributed by atoms with Gasteiger partial charge in [-0.15, -0.1) is 0 Å². The second kappa shape index (κ2) is 6.75. The van der Waals surface area contributed by atoms with Crippen molar-refractivity contribution in [2.24, 2.45) is 5.92 Å². The average molecular weight is 335 g/mol. The number of nitrogens with zero attached hydrogens (tertiary/aromatic N) is 2. The van der Waals surface area contributed by atoms with Crippen LogP contribution in [0.15, 0.2) is 30.3 Å². The lowest BCUT2D eigenvalue weighted by Crippen LogP contribution is -2.27. The maximum Gasteiger partial charge on any atom is 0.491 e. The molecule has 0 bridgehead atoms. The minimum Gasteiger partial charge on any atom is -0.476 e. The van der Waals surface area contributed by atoms with Gasteiger partial charge >= 0.3 is 7.12 Å². The molecule has 1 aromatic carbocycles. The molecule has 0 unspecified atom stereocenters. The fraction of sp³-hybridized carbons (Fsp3) is 0.333. The molecule has 1 fully saturated rings. The molecule has 0 saturated heterocycles. The van der Waals surface area contributed by atoms with E-state index >= 15 is 0 Å². The highest BCUT2D eigenvalue weighted by atomic mass is 16.5. The highest BCUT2D eigenvalue weighted by Crippen LogP contribution is 2.28. The van der Waals surface area contributed by atoms with Crippen molar-refractivity contribution < 1.29 is 14.4 Å². The van der Waals surface area contributed by atoms with E-state index in [4.69, 9.17) is 9.39 Å². The molecular formula is C18H18BN3O3. The minimum atomic E-state index is -0.844. The third-order valence-electron chi connectivity index (χ3n) is 4.74. The standard InChI is InChI=1S/C18H18BN3O3/c20-9-13-4-7-17(22-18(13)24-10-12-2-1-3-12)21-15-5-6-16-14(8-15)11-25-19(16)23/h4-8,12,23H,1-3,10-11H2,(H,21,22). The van der Waals surface area contributed by atoms with E-state index in [9.17, 15) is 10.3 Å². The Morgan fingerprint density at radius 2 is 2.24 bits per heavy atom. The van der Waals surface area contributed by atoms with Crippen molar-refractivity contribution in [2.75, 3.05) is 11.9 Å². The number of hydrogen-bond donors (Lipinski definition) is 2. The molecule has 126 valence electrons. The molecular weight excluding hydrogens is 317 g/mol. The van der Waals surface area contributed by atoms with Gasteiger partial charge in [-0.1, -0.05) is 12.5 Å². The molecule has 0 amide bonds. The molecule has 2 aliphatic rings. The first-order valence-corrected chi connectivity index (χ1v) is 8.46. The van der Waals surface area contributed by atoms with Gasteiger partial charge in [0, 0.05) is 5.69 Å². The lowest BCUT2D eigenvalue weighted by atomic mass is 9.79. The van der Waals surface area contributed by atoms with Gasteiger partial charge in [0.2, 0.25) is 5.88 Å². The predicted molar refractivity (Wildman–Crippen MR) is 93.9 cm³/mol. The lowest BCUT2D eigenvalue weighted by Gasteiger charge is -2.25. The number of aromatic nitrogens is 1. The van der Waals surface area contributed by atoms with E-state index in [-0.39, 0.29) is 0 Å². The van der Waals surface area contributed by atoms with Gasteiger partial charge in [-0.2, -0.15) is 10.2 Å². The van der Waals surface area contributed by atoms with Crippen LogP contribution in [0.4, 0.5) is 11.5 Å². The van der Waals surface area contributed by atoms with E-state index in [0.29, 0.717) is 36.4 Å². The normalized spacial score (nSPS) is 16.1. The number of rotatable bonds is 5. The summed E-state index contributed by atoms with van der Waals surface area (Å²) < 4.78 is 11.0. The van der Waals surface area contributed by atoms with Gasteiger partial charge in [0.05, 0.1) is 13.2 Å². The summed E-state index contributed by atoms with van der Waals surface area (Å²) in [5.41, 5.74) is 3.03. The van der Waals surface area contributed by atoms with Gasteiger partial charge in [-0.3, -0.25) is 0 Å². The Hall–Kier alpha value is -2.56. The first-order chi connectivity index (χ1) is 12.2. The zero-order chi connectivity index (χ0) is 17.2. The van der Waals surface area contributed by atoms with Gasteiger partial charge in [-0.05, 0) is 54.1 Å². The van der Waals surface area contributed by atoms with Gasteiger partial charge in [0.1, 0.15) is 17.5 Å². The Bertz CT molecular complexity index is 833. The van der Waals surface area contributed by atoms with Crippen molar-refractivity contribution in [1.29, 1.82) is 5.26 Å². The topological polar surface area (TPSA) is 87.4 Å². The highest BCUT2D eigenvalue weighted by molar-refractivity contribution is 6.61. The second-order valence-corrected chi connectivity index (χ2v) is 6.47. The molecule has 6 nitrogen and oxygen atoms in total. The van der Waals surface area contributed by atoms with Crippen LogP contribution in [0.1, 0.15) is 30.4 Å². The summed E-state index contributed by atoms with van der Waals surface area (Å²) in [7, 11) is -0.844. The van der Waals surface area contributed by atoms with Crippen molar-refractivity contribution in [3.8, 4) is 11.9 Å². The third kappa shape index (κ3) is 3.32. The zero-order valence-corrected chi connectivity index (χ0v) is 13.7. The molecule has 2 aromatic rings. The van der Waals surface area contributed by atoms with Crippen LogP contribution in [0.5, 0.6) is 5.88 Å². The number of nitriles is 1. The van der Waals surface area contributed by atoms with Gasteiger partial charge in [0.25, 0.3) is 0 Å². The average Bonchev–Trinajstić information content (AvgIpc) is 2.94. The van der Waals surface area contributed by atoms with E-state index in [2.05, 4.69) is 16.4 Å². The van der Waals surface area contributed by atoms with Crippen molar-refractivity contribution in [3.05, 3.63) is 41.5 Å². The van der Waals surface area contributed by atoms with E-state index in [1.807, 2.05) is 18.2 Å². The van der Waals surface area contributed by atoms with E-state index < -0.39 is 7.12 Å². The summed E-state index contributed by atoms with van der Waals surface area (Å²) in [6.07, 6.45) is 3.62. The van der Waals surface area contributed by atoms with Crippen LogP contribution in [-0.4, -0.2) is 23.7 Å². The first kappa shape index (κ1) is 15.9. The fourth-order valence-corrected chi connectivity index (χ4v) is 3.02. The molecule has 7 heteroatoms. The van der Waals surface area contributed by atoms with Crippen LogP contribution in [0.25, 0.3) is 0 Å². The smallest absolute Gasteiger partial charge is 0.476 e. The lowest BCUT2D eigenvalue weighted by molar-refractivity contribution is 0.175. The number of nitrogens with one attached hydrogen (secondary N) is 1. The minimum absolute atomic E-state index is 0.374. The molecule has 1 aliphatic heterocycles. The molecule has 2 heterocycles. The number of benzene rings is 1. The second-order valence-electron chi connectivity index (χ2n) is 6.47. The number of hydrogen-bond acceptors (Lipinski definition) is 6. The van der Waals surface area contributed by atoms with Crippen molar-refractivity contribution in [3.63, 3.8) is 0 Å². The Labute approximate surface area is 146 Å². The van der Waals surface area contributed by atoms with E-state index in [0.717, 1.165) is 16.7 Å². The summed E-state index contributed by atoms with van der Waals surface area (Å²) in [6, 6.07) is 11.2. The Morgan fingerprint density at radius 1 is 1.36 bits per heavy atom. The number of anilines is 2. The molecule has 0 radical (unpaired) electrons. The summed E-state index contributed by atoms with van der Waals surface area (Å²) in [6.45, 7) is 1.00. The summed E-state index contributed by atoms with van der Waals surface area (Å²) in [5, 5.41) is 22.1. The first-order valence-electron chi connectivity index (χ1n) is 8.46. The molecule has 4 rings (SSSR count). The van der Waals surface area contributed by atoms with Gasteiger partial charge < -0.3 is 19.7 Å². The largest absolute Gasteiger partial charge is 0.491 e. The van der Waals surface area contributed by atoms with Crippen LogP contribution in [-0.2, 0) is 11.3 Å². The number of pyridine rings is 1. The third-order valence-corrected chi connectivity index (χ3v) is 4.74. The van der Waals surface area contributed by atoms with Gasteiger partial charge in [-0.25, -0.2) is 0 Å². The Kier molecular flexibility index (Phi) is 4.30. The molecule has 0 spiro atoms. The van der Waals surface area contributed by atoms with Crippen LogP contribution < -0.4 is 15.5 Å². The molecule has 0 atom stereocenters. The van der Waals surface area contributed by atoms with Gasteiger partial charge in [0.15, 0.2) is 0 Å². The van der Waals surface area contributed by atoms with Crippen LogP contribution in [0.2, 0.25) is 0 Å². The Morgan fingerprint density at radius 3 is 3.00 bits per heavy atom. The summed E-state index contributed by atoms with van der Waals surface area (Å²) >= 11 is 0. The quantitative estimate of drug-likeness (QED) is 0.814. The molecule has 1 aromatic heterocycles. The SMILES string of the molecule is N#Cc1ccc(Nc2ccc3c(c2)COB3O)nc1OCC1CCC1. The monoisotopic (exact) mass is 335 g/mol. The van der Waals surface area contributed by atoms with Crippen molar-refractivity contribution >= 4 is 24.1 Å². The predicted octanol–water partition coefficient (Wildman–Crippen LogP) is 2.09. The summed E-state index contributed by atoms with van der Waals surface area (Å²) in [4.78, 5) is 4.44. The molecule has 1 aliphatic carbocycles. The van der Waals surface area contributed by atoms with E-state index in [1.54, 1.807) is 12.1 Å². The summed E-state index contributed by atoms with van der Waals surface area (Å²) in [5.74, 6) is 1.56. The van der Waals surface area contributed by atoms with E-state index in [1.165, 1.54) is 19.3 Å². The molecule has 1 saturated carbocycles. The maximum atomic E-state index is 9.68. The molecule has 2 N–H and O–H groups in total. The molecule has 25 heavy (non-hydrogen) atoms. The number of ether oxygens (including phenoxy) is 1. The van der Waals surface area contributed by atoms with Crippen LogP contribution in [0, 0.1) is 17.2 Å².